The first-order valence-electron chi connectivity index (χ1n) is 6.79. The molecule has 0 amide bonds. The molecule has 1 saturated carbocycles. The molecule has 1 aliphatic carbocycles. The van der Waals surface area contributed by atoms with Crippen molar-refractivity contribution in [2.24, 2.45) is 5.92 Å². The third-order valence-corrected chi connectivity index (χ3v) is 3.50. The number of aliphatic hydroxyl groups is 1. The van der Waals surface area contributed by atoms with E-state index in [4.69, 9.17) is 9.47 Å². The van der Waals surface area contributed by atoms with Gasteiger partial charge < -0.3 is 19.9 Å². The molecule has 1 aromatic carbocycles. The minimum atomic E-state index is -0.454. The van der Waals surface area contributed by atoms with E-state index in [1.807, 2.05) is 12.1 Å². The van der Waals surface area contributed by atoms with Crippen molar-refractivity contribution in [3.05, 3.63) is 29.8 Å². The van der Waals surface area contributed by atoms with Crippen LogP contribution in [0.4, 0.5) is 0 Å². The van der Waals surface area contributed by atoms with Crippen molar-refractivity contribution in [3.8, 4) is 5.75 Å². The van der Waals surface area contributed by atoms with Gasteiger partial charge in [-0.3, -0.25) is 0 Å². The Morgan fingerprint density at radius 2 is 1.95 bits per heavy atom. The van der Waals surface area contributed by atoms with Crippen LogP contribution in [0, 0.1) is 5.92 Å². The number of rotatable bonds is 8. The summed E-state index contributed by atoms with van der Waals surface area (Å²) in [6.07, 6.45) is 2.05. The summed E-state index contributed by atoms with van der Waals surface area (Å²) in [5, 5.41) is 13.2. The minimum absolute atomic E-state index is 0.317. The molecule has 19 heavy (non-hydrogen) atoms. The highest BCUT2D eigenvalue weighted by Crippen LogP contribution is 2.41. The maximum atomic E-state index is 9.72. The molecule has 1 aliphatic rings. The Morgan fingerprint density at radius 3 is 2.47 bits per heavy atom. The van der Waals surface area contributed by atoms with E-state index < -0.39 is 6.10 Å². The Hall–Kier alpha value is -1.10. The molecule has 1 fully saturated rings. The van der Waals surface area contributed by atoms with Gasteiger partial charge in [-0.25, -0.2) is 0 Å². The molecule has 0 radical (unpaired) electrons. The molecule has 0 aliphatic heterocycles. The molecule has 4 nitrogen and oxygen atoms in total. The minimum Gasteiger partial charge on any atom is -0.497 e. The van der Waals surface area contributed by atoms with Crippen LogP contribution in [0.2, 0.25) is 0 Å². The molecule has 0 spiro atoms. The van der Waals surface area contributed by atoms with E-state index >= 15 is 0 Å². The fourth-order valence-electron chi connectivity index (χ4n) is 2.31. The third kappa shape index (κ3) is 4.20. The Balaban J connectivity index is 1.95. The average molecular weight is 265 g/mol. The predicted octanol–water partition coefficient (Wildman–Crippen LogP) is 1.74. The first-order chi connectivity index (χ1) is 9.24. The van der Waals surface area contributed by atoms with Crippen molar-refractivity contribution < 1.29 is 14.6 Å². The summed E-state index contributed by atoms with van der Waals surface area (Å²) in [6.45, 7) is 0.925. The summed E-state index contributed by atoms with van der Waals surface area (Å²) in [5.74, 6) is 1.56. The van der Waals surface area contributed by atoms with Gasteiger partial charge in [-0.1, -0.05) is 12.1 Å². The van der Waals surface area contributed by atoms with Crippen LogP contribution in [-0.2, 0) is 4.74 Å². The van der Waals surface area contributed by atoms with Crippen LogP contribution >= 0.6 is 0 Å². The van der Waals surface area contributed by atoms with Gasteiger partial charge in [0.2, 0.25) is 0 Å². The predicted molar refractivity (Wildman–Crippen MR) is 74.3 cm³/mol. The summed E-state index contributed by atoms with van der Waals surface area (Å²) >= 11 is 0. The van der Waals surface area contributed by atoms with Crippen LogP contribution in [0.3, 0.4) is 0 Å². The molecule has 2 atom stereocenters. The average Bonchev–Trinajstić information content (AvgIpc) is 3.25. The molecule has 0 bridgehead atoms. The zero-order valence-corrected chi connectivity index (χ0v) is 11.6. The highest BCUT2D eigenvalue weighted by atomic mass is 16.5. The van der Waals surface area contributed by atoms with Crippen LogP contribution < -0.4 is 10.1 Å². The maximum Gasteiger partial charge on any atom is 0.118 e. The molecule has 0 saturated heterocycles. The number of nitrogens with one attached hydrogen (secondary N) is 1. The zero-order valence-electron chi connectivity index (χ0n) is 11.6. The van der Waals surface area contributed by atoms with Crippen molar-refractivity contribution in [2.45, 2.75) is 25.0 Å². The lowest BCUT2D eigenvalue weighted by atomic mass is 10.0. The second-order valence-corrected chi connectivity index (χ2v) is 5.11. The van der Waals surface area contributed by atoms with Crippen LogP contribution in [0.5, 0.6) is 5.75 Å². The van der Waals surface area contributed by atoms with Gasteiger partial charge >= 0.3 is 0 Å². The van der Waals surface area contributed by atoms with E-state index in [2.05, 4.69) is 17.4 Å². The monoisotopic (exact) mass is 265 g/mol. The highest BCUT2D eigenvalue weighted by Gasteiger charge is 2.32. The van der Waals surface area contributed by atoms with E-state index in [0.29, 0.717) is 25.1 Å². The van der Waals surface area contributed by atoms with Crippen molar-refractivity contribution in [3.63, 3.8) is 0 Å². The van der Waals surface area contributed by atoms with E-state index in [0.717, 1.165) is 5.75 Å². The molecule has 0 aromatic heterocycles. The van der Waals surface area contributed by atoms with Gasteiger partial charge in [0, 0.05) is 19.7 Å². The zero-order chi connectivity index (χ0) is 13.7. The number of hydrogen-bond donors (Lipinski definition) is 2. The standard InChI is InChI=1S/C15H23NO3/c1-18-10-13(17)9-16-15(11-3-4-11)12-5-7-14(19-2)8-6-12/h5-8,11,13,15-17H,3-4,9-10H2,1-2H3. The lowest BCUT2D eigenvalue weighted by molar-refractivity contribution is 0.0621. The Kier molecular flexibility index (Phi) is 5.19. The number of hydrogen-bond acceptors (Lipinski definition) is 4. The molecular formula is C15H23NO3. The Morgan fingerprint density at radius 1 is 1.26 bits per heavy atom. The van der Waals surface area contributed by atoms with Gasteiger partial charge in [0.1, 0.15) is 5.75 Å². The topological polar surface area (TPSA) is 50.7 Å². The van der Waals surface area contributed by atoms with Gasteiger partial charge in [-0.15, -0.1) is 0 Å². The second-order valence-electron chi connectivity index (χ2n) is 5.11. The molecule has 2 unspecified atom stereocenters. The van der Waals surface area contributed by atoms with Crippen LogP contribution in [0.15, 0.2) is 24.3 Å². The van der Waals surface area contributed by atoms with Crippen LogP contribution in [0.25, 0.3) is 0 Å². The van der Waals surface area contributed by atoms with E-state index in [1.165, 1.54) is 18.4 Å². The molecule has 2 N–H and O–H groups in total. The number of aliphatic hydroxyl groups excluding tert-OH is 1. The first kappa shape index (κ1) is 14.3. The maximum absolute atomic E-state index is 9.72. The van der Waals surface area contributed by atoms with Crippen LogP contribution in [-0.4, -0.2) is 38.6 Å². The molecule has 2 rings (SSSR count). The normalized spacial score (nSPS) is 18.1. The van der Waals surface area contributed by atoms with E-state index in [-0.39, 0.29) is 0 Å². The van der Waals surface area contributed by atoms with E-state index in [1.54, 1.807) is 14.2 Å². The number of methoxy groups -OCH3 is 2. The summed E-state index contributed by atoms with van der Waals surface area (Å²) < 4.78 is 10.1. The summed E-state index contributed by atoms with van der Waals surface area (Å²) in [7, 11) is 3.28. The SMILES string of the molecule is COCC(O)CNC(c1ccc(OC)cc1)C1CC1. The van der Waals surface area contributed by atoms with Crippen molar-refractivity contribution in [1.82, 2.24) is 5.32 Å². The first-order valence-corrected chi connectivity index (χ1v) is 6.79. The lowest BCUT2D eigenvalue weighted by Crippen LogP contribution is -2.33. The summed E-state index contributed by atoms with van der Waals surface area (Å²) in [6, 6.07) is 8.47. The lowest BCUT2D eigenvalue weighted by Gasteiger charge is -2.21. The number of ether oxygens (including phenoxy) is 2. The van der Waals surface area contributed by atoms with Gasteiger partial charge in [-0.05, 0) is 36.5 Å². The second kappa shape index (κ2) is 6.89. The number of benzene rings is 1. The quantitative estimate of drug-likeness (QED) is 0.752. The smallest absolute Gasteiger partial charge is 0.118 e. The largest absolute Gasteiger partial charge is 0.497 e. The summed E-state index contributed by atoms with van der Waals surface area (Å²) in [5.41, 5.74) is 1.26. The highest BCUT2D eigenvalue weighted by molar-refractivity contribution is 5.30. The fraction of sp³-hybridized carbons (Fsp3) is 0.600. The Bertz CT molecular complexity index is 375. The summed E-state index contributed by atoms with van der Waals surface area (Å²) in [4.78, 5) is 0. The molecular weight excluding hydrogens is 242 g/mol. The van der Waals surface area contributed by atoms with Gasteiger partial charge in [0.25, 0.3) is 0 Å². The van der Waals surface area contributed by atoms with Crippen molar-refractivity contribution >= 4 is 0 Å². The molecule has 1 aromatic rings. The molecule has 106 valence electrons. The van der Waals surface area contributed by atoms with Gasteiger partial charge in [-0.2, -0.15) is 0 Å². The van der Waals surface area contributed by atoms with Crippen molar-refractivity contribution in [1.29, 1.82) is 0 Å². The fourth-order valence-corrected chi connectivity index (χ4v) is 2.31. The van der Waals surface area contributed by atoms with E-state index in [9.17, 15) is 5.11 Å². The molecule has 0 heterocycles. The van der Waals surface area contributed by atoms with Gasteiger partial charge in [0.15, 0.2) is 0 Å². The molecule has 4 heteroatoms. The third-order valence-electron chi connectivity index (χ3n) is 3.50. The van der Waals surface area contributed by atoms with Crippen molar-refractivity contribution in [2.75, 3.05) is 27.4 Å². The van der Waals surface area contributed by atoms with Gasteiger partial charge in [0.05, 0.1) is 19.8 Å². The van der Waals surface area contributed by atoms with Crippen LogP contribution in [0.1, 0.15) is 24.4 Å². The Labute approximate surface area is 114 Å².